The van der Waals surface area contributed by atoms with E-state index in [0.717, 1.165) is 39.7 Å². The Morgan fingerprint density at radius 3 is 2.09 bits per heavy atom. The van der Waals surface area contributed by atoms with Crippen molar-refractivity contribution in [1.82, 2.24) is 4.31 Å². The second-order valence-corrected chi connectivity index (χ2v) is 10.6. The molecule has 0 bridgehead atoms. The number of nitrogens with zero attached hydrogens (tertiary/aromatic N) is 1. The van der Waals surface area contributed by atoms with Crippen LogP contribution in [0.15, 0.2) is 76.1 Å². The fourth-order valence-electron chi connectivity index (χ4n) is 3.69. The summed E-state index contributed by atoms with van der Waals surface area (Å²) in [5, 5.41) is 2.98. The largest absolute Gasteiger partial charge is 0.497 e. The van der Waals surface area contributed by atoms with Gasteiger partial charge in [0.05, 0.1) is 18.6 Å². The number of halogens is 1. The lowest BCUT2D eigenvalue weighted by Crippen LogP contribution is -2.37. The quantitative estimate of drug-likeness (QED) is 0.370. The third-order valence-electron chi connectivity index (χ3n) is 5.51. The highest BCUT2D eigenvalue weighted by Crippen LogP contribution is 2.28. The first-order valence-electron chi connectivity index (χ1n) is 11.1. The van der Waals surface area contributed by atoms with Crippen LogP contribution < -0.4 is 10.1 Å². The second kappa shape index (κ2) is 11.6. The van der Waals surface area contributed by atoms with Gasteiger partial charge in [-0.25, -0.2) is 8.42 Å². The summed E-state index contributed by atoms with van der Waals surface area (Å²) in [5.74, 6) is 0.167. The van der Waals surface area contributed by atoms with Crippen molar-refractivity contribution in [1.29, 1.82) is 0 Å². The molecule has 6 nitrogen and oxygen atoms in total. The lowest BCUT2D eigenvalue weighted by atomic mass is 10.0. The number of sulfonamides is 1. The van der Waals surface area contributed by atoms with E-state index < -0.39 is 10.0 Å². The number of rotatable bonds is 10. The Balaban J connectivity index is 1.92. The van der Waals surface area contributed by atoms with Crippen molar-refractivity contribution in [3.05, 3.63) is 87.9 Å². The zero-order valence-electron chi connectivity index (χ0n) is 19.5. The van der Waals surface area contributed by atoms with Crippen LogP contribution in [0.3, 0.4) is 0 Å². The number of aryl methyl sites for hydroxylation is 2. The number of ether oxygens (including phenoxy) is 1. The third kappa shape index (κ3) is 6.25. The number of anilines is 1. The zero-order valence-corrected chi connectivity index (χ0v) is 21.9. The summed E-state index contributed by atoms with van der Waals surface area (Å²) >= 11 is 3.53. The molecule has 0 saturated carbocycles. The van der Waals surface area contributed by atoms with Crippen molar-refractivity contribution in [2.75, 3.05) is 19.0 Å². The average Bonchev–Trinajstić information content (AvgIpc) is 2.85. The maximum atomic E-state index is 13.5. The molecule has 34 heavy (non-hydrogen) atoms. The van der Waals surface area contributed by atoms with Crippen LogP contribution in [0.4, 0.5) is 5.69 Å². The molecule has 1 amide bonds. The van der Waals surface area contributed by atoms with Crippen LogP contribution in [0.2, 0.25) is 0 Å². The van der Waals surface area contributed by atoms with E-state index in [4.69, 9.17) is 4.74 Å². The molecule has 0 spiro atoms. The molecule has 3 aromatic carbocycles. The van der Waals surface area contributed by atoms with Crippen LogP contribution in [0, 0.1) is 0 Å². The van der Waals surface area contributed by atoms with E-state index in [0.29, 0.717) is 5.75 Å². The summed E-state index contributed by atoms with van der Waals surface area (Å²) in [5.41, 5.74) is 3.53. The van der Waals surface area contributed by atoms with Crippen LogP contribution in [-0.2, 0) is 34.2 Å². The summed E-state index contributed by atoms with van der Waals surface area (Å²) < 4.78 is 34.3. The molecule has 8 heteroatoms. The van der Waals surface area contributed by atoms with Crippen LogP contribution in [0.25, 0.3) is 0 Å². The first kappa shape index (κ1) is 25.9. The molecule has 3 aromatic rings. The summed E-state index contributed by atoms with van der Waals surface area (Å²) in [7, 11) is -2.42. The lowest BCUT2D eigenvalue weighted by Gasteiger charge is -2.23. The zero-order chi connectivity index (χ0) is 24.7. The van der Waals surface area contributed by atoms with Gasteiger partial charge in [0.15, 0.2) is 0 Å². The predicted octanol–water partition coefficient (Wildman–Crippen LogP) is 5.41. The Hall–Kier alpha value is -2.68. The monoisotopic (exact) mass is 544 g/mol. The Labute approximate surface area is 210 Å². The lowest BCUT2D eigenvalue weighted by molar-refractivity contribution is -0.116. The van der Waals surface area contributed by atoms with E-state index in [1.807, 2.05) is 56.3 Å². The van der Waals surface area contributed by atoms with Crippen molar-refractivity contribution in [2.45, 2.75) is 38.1 Å². The molecule has 0 unspecified atom stereocenters. The van der Waals surface area contributed by atoms with Gasteiger partial charge in [0.25, 0.3) is 0 Å². The summed E-state index contributed by atoms with van der Waals surface area (Å²) in [4.78, 5) is 13.3. The molecule has 0 fully saturated rings. The van der Waals surface area contributed by atoms with E-state index in [-0.39, 0.29) is 23.9 Å². The molecule has 3 rings (SSSR count). The molecule has 0 aliphatic heterocycles. The minimum absolute atomic E-state index is 0.0736. The number of nitrogens with one attached hydrogen (secondary N) is 1. The first-order valence-corrected chi connectivity index (χ1v) is 13.3. The van der Waals surface area contributed by atoms with Gasteiger partial charge in [-0.3, -0.25) is 4.79 Å². The van der Waals surface area contributed by atoms with Crippen LogP contribution >= 0.6 is 15.9 Å². The van der Waals surface area contributed by atoms with Crippen LogP contribution in [0.5, 0.6) is 5.75 Å². The Morgan fingerprint density at radius 2 is 1.56 bits per heavy atom. The highest BCUT2D eigenvalue weighted by Gasteiger charge is 2.27. The van der Waals surface area contributed by atoms with Crippen molar-refractivity contribution in [3.8, 4) is 5.75 Å². The summed E-state index contributed by atoms with van der Waals surface area (Å²) in [6.45, 7) is 3.80. The molecule has 0 heterocycles. The van der Waals surface area contributed by atoms with Crippen molar-refractivity contribution in [3.63, 3.8) is 0 Å². The van der Waals surface area contributed by atoms with Gasteiger partial charge in [-0.05, 0) is 65.9 Å². The second-order valence-electron chi connectivity index (χ2n) is 7.79. The molecule has 0 atom stereocenters. The maximum absolute atomic E-state index is 13.5. The molecule has 0 aromatic heterocycles. The predicted molar refractivity (Wildman–Crippen MR) is 139 cm³/mol. The van der Waals surface area contributed by atoms with E-state index >= 15 is 0 Å². The minimum Gasteiger partial charge on any atom is -0.497 e. The highest BCUT2D eigenvalue weighted by atomic mass is 79.9. The van der Waals surface area contributed by atoms with Gasteiger partial charge < -0.3 is 10.1 Å². The van der Waals surface area contributed by atoms with E-state index in [1.54, 1.807) is 12.1 Å². The molecule has 0 radical (unpaired) electrons. The van der Waals surface area contributed by atoms with Gasteiger partial charge in [0, 0.05) is 16.7 Å². The van der Waals surface area contributed by atoms with Gasteiger partial charge in [0.2, 0.25) is 15.9 Å². The third-order valence-corrected chi connectivity index (χ3v) is 7.78. The average molecular weight is 545 g/mol. The minimum atomic E-state index is -3.94. The van der Waals surface area contributed by atoms with Crippen LogP contribution in [-0.4, -0.2) is 32.3 Å². The van der Waals surface area contributed by atoms with E-state index in [2.05, 4.69) is 21.2 Å². The van der Waals surface area contributed by atoms with Crippen molar-refractivity contribution >= 4 is 37.5 Å². The van der Waals surface area contributed by atoms with E-state index in [1.165, 1.54) is 23.5 Å². The SMILES string of the molecule is CCc1cc(Br)cc(CC)c1NC(=O)CN(Cc1ccccc1)S(=O)(=O)c1ccc(OC)cc1. The summed E-state index contributed by atoms with van der Waals surface area (Å²) in [6, 6.07) is 19.4. The number of carbonyl (C=O) groups is 1. The molecule has 0 saturated heterocycles. The van der Waals surface area contributed by atoms with Gasteiger partial charge in [-0.2, -0.15) is 4.31 Å². The van der Waals surface area contributed by atoms with Gasteiger partial charge in [0.1, 0.15) is 5.75 Å². The smallest absolute Gasteiger partial charge is 0.243 e. The van der Waals surface area contributed by atoms with Crippen LogP contribution in [0.1, 0.15) is 30.5 Å². The number of methoxy groups -OCH3 is 1. The molecule has 1 N–H and O–H groups in total. The number of amides is 1. The number of benzene rings is 3. The molecule has 0 aliphatic carbocycles. The summed E-state index contributed by atoms with van der Waals surface area (Å²) in [6.07, 6.45) is 1.47. The molecule has 180 valence electrons. The fraction of sp³-hybridized carbons (Fsp3) is 0.269. The topological polar surface area (TPSA) is 75.7 Å². The highest BCUT2D eigenvalue weighted by molar-refractivity contribution is 9.10. The molecule has 0 aliphatic rings. The Kier molecular flexibility index (Phi) is 8.88. The standard InChI is InChI=1S/C26H29BrN2O4S/c1-4-20-15-22(27)16-21(5-2)26(20)28-25(30)18-29(17-19-9-7-6-8-10-19)34(31,32)24-13-11-23(33-3)12-14-24/h6-16H,4-5,17-18H2,1-3H3,(H,28,30). The number of carbonyl (C=O) groups excluding carboxylic acids is 1. The van der Waals surface area contributed by atoms with E-state index in [9.17, 15) is 13.2 Å². The van der Waals surface area contributed by atoms with Gasteiger partial charge in [-0.1, -0.05) is 60.1 Å². The van der Waals surface area contributed by atoms with Gasteiger partial charge >= 0.3 is 0 Å². The number of hydrogen-bond acceptors (Lipinski definition) is 4. The number of hydrogen-bond donors (Lipinski definition) is 1. The van der Waals surface area contributed by atoms with Crippen molar-refractivity contribution < 1.29 is 17.9 Å². The maximum Gasteiger partial charge on any atom is 0.243 e. The Bertz CT molecular complexity index is 1200. The molecular formula is C26H29BrN2O4S. The fourth-order valence-corrected chi connectivity index (χ4v) is 5.63. The molecular weight excluding hydrogens is 516 g/mol. The first-order chi connectivity index (χ1) is 16.3. The normalized spacial score (nSPS) is 11.4. The van der Waals surface area contributed by atoms with Gasteiger partial charge in [-0.15, -0.1) is 0 Å². The Morgan fingerprint density at radius 1 is 0.971 bits per heavy atom. The van der Waals surface area contributed by atoms with Crippen molar-refractivity contribution in [2.24, 2.45) is 0 Å².